The molecule has 2 aliphatic rings. The molecule has 0 saturated carbocycles. The van der Waals surface area contributed by atoms with Gasteiger partial charge in [-0.15, -0.1) is 0 Å². The first kappa shape index (κ1) is 15.1. The van der Waals surface area contributed by atoms with Gasteiger partial charge in [-0.25, -0.2) is 0 Å². The highest BCUT2D eigenvalue weighted by atomic mass is 16.5. The molecule has 5 nitrogen and oxygen atoms in total. The number of rotatable bonds is 4. The number of nitrogens with zero attached hydrogens (tertiary/aromatic N) is 2. The minimum atomic E-state index is -0.139. The molecule has 0 radical (unpaired) electrons. The van der Waals surface area contributed by atoms with Gasteiger partial charge in [0.15, 0.2) is 0 Å². The summed E-state index contributed by atoms with van der Waals surface area (Å²) in [5.41, 5.74) is 4.03. The Morgan fingerprint density at radius 1 is 1.33 bits per heavy atom. The predicted octanol–water partition coefficient (Wildman–Crippen LogP) is 2.68. The van der Waals surface area contributed by atoms with E-state index in [1.54, 1.807) is 6.20 Å². The second-order valence-corrected chi connectivity index (χ2v) is 6.27. The summed E-state index contributed by atoms with van der Waals surface area (Å²) in [6, 6.07) is 12.2. The lowest BCUT2D eigenvalue weighted by atomic mass is 10.2. The fourth-order valence-corrected chi connectivity index (χ4v) is 3.42. The molecular formula is C19H21N3O2. The van der Waals surface area contributed by atoms with Gasteiger partial charge in [-0.05, 0) is 43.0 Å². The number of para-hydroxylation sites is 1. The van der Waals surface area contributed by atoms with Crippen molar-refractivity contribution in [2.75, 3.05) is 24.6 Å². The van der Waals surface area contributed by atoms with Crippen LogP contribution in [0, 0.1) is 0 Å². The van der Waals surface area contributed by atoms with Crippen molar-refractivity contribution >= 4 is 17.3 Å². The van der Waals surface area contributed by atoms with E-state index in [0.29, 0.717) is 12.2 Å². The number of benzene rings is 1. The number of carbonyl (C=O) groups excluding carboxylic acids is 1. The Labute approximate surface area is 141 Å². The molecule has 124 valence electrons. The molecule has 1 unspecified atom stereocenters. The van der Waals surface area contributed by atoms with Crippen LogP contribution in [0.4, 0.5) is 11.4 Å². The van der Waals surface area contributed by atoms with Crippen molar-refractivity contribution in [3.8, 4) is 0 Å². The quantitative estimate of drug-likeness (QED) is 0.940. The number of aromatic nitrogens is 1. The Balaban J connectivity index is 1.48. The van der Waals surface area contributed by atoms with Crippen molar-refractivity contribution in [1.29, 1.82) is 0 Å². The fourth-order valence-electron chi connectivity index (χ4n) is 3.42. The molecule has 1 saturated heterocycles. The third-order valence-corrected chi connectivity index (χ3v) is 4.69. The molecule has 1 atom stereocenters. The third-order valence-electron chi connectivity index (χ3n) is 4.69. The van der Waals surface area contributed by atoms with E-state index in [0.717, 1.165) is 38.1 Å². The molecule has 1 aromatic heterocycles. The topological polar surface area (TPSA) is 54.5 Å². The maximum atomic E-state index is 12.4. The summed E-state index contributed by atoms with van der Waals surface area (Å²) < 4.78 is 5.54. The molecule has 0 bridgehead atoms. The standard InChI is InChI=1S/C19H21N3O2/c23-19(21-13-16-5-3-11-24-16)17-12-15(7-9-20-17)22-10-8-14-4-1-2-6-18(14)22/h1-2,4,6-7,9,12,16H,3,5,8,10-11,13H2,(H,21,23). The molecule has 1 amide bonds. The lowest BCUT2D eigenvalue weighted by molar-refractivity contribution is 0.0854. The van der Waals surface area contributed by atoms with Gasteiger partial charge in [0.1, 0.15) is 5.69 Å². The number of fused-ring (bicyclic) bond motifs is 1. The third kappa shape index (κ3) is 2.99. The average Bonchev–Trinajstić information content (AvgIpc) is 3.29. The van der Waals surface area contributed by atoms with Crippen LogP contribution in [0.25, 0.3) is 0 Å². The van der Waals surface area contributed by atoms with Crippen LogP contribution in [-0.2, 0) is 11.2 Å². The summed E-state index contributed by atoms with van der Waals surface area (Å²) in [5.74, 6) is -0.139. The summed E-state index contributed by atoms with van der Waals surface area (Å²) in [7, 11) is 0. The Hall–Kier alpha value is -2.40. The van der Waals surface area contributed by atoms with Gasteiger partial charge in [-0.3, -0.25) is 9.78 Å². The predicted molar refractivity (Wildman–Crippen MR) is 92.7 cm³/mol. The van der Waals surface area contributed by atoms with Gasteiger partial charge in [0, 0.05) is 37.3 Å². The van der Waals surface area contributed by atoms with Crippen LogP contribution in [0.3, 0.4) is 0 Å². The molecule has 4 rings (SSSR count). The number of anilines is 2. The molecule has 3 heterocycles. The van der Waals surface area contributed by atoms with Gasteiger partial charge in [0.05, 0.1) is 6.10 Å². The minimum absolute atomic E-state index is 0.139. The van der Waals surface area contributed by atoms with E-state index in [9.17, 15) is 4.79 Å². The first-order valence-electron chi connectivity index (χ1n) is 8.52. The molecule has 5 heteroatoms. The largest absolute Gasteiger partial charge is 0.376 e. The lowest BCUT2D eigenvalue weighted by Crippen LogP contribution is -2.32. The first-order chi connectivity index (χ1) is 11.8. The molecular weight excluding hydrogens is 302 g/mol. The SMILES string of the molecule is O=C(NCC1CCCO1)c1cc(N2CCc3ccccc32)ccn1. The molecule has 1 aromatic carbocycles. The number of amides is 1. The normalized spacial score (nSPS) is 19.3. The van der Waals surface area contributed by atoms with Crippen molar-refractivity contribution in [3.63, 3.8) is 0 Å². The second-order valence-electron chi connectivity index (χ2n) is 6.27. The van der Waals surface area contributed by atoms with Crippen LogP contribution in [0.15, 0.2) is 42.6 Å². The van der Waals surface area contributed by atoms with E-state index < -0.39 is 0 Å². The number of nitrogens with one attached hydrogen (secondary N) is 1. The zero-order valence-electron chi connectivity index (χ0n) is 13.6. The summed E-state index contributed by atoms with van der Waals surface area (Å²) in [6.07, 6.45) is 4.96. The van der Waals surface area contributed by atoms with E-state index >= 15 is 0 Å². The van der Waals surface area contributed by atoms with Crippen LogP contribution in [0.2, 0.25) is 0 Å². The maximum absolute atomic E-state index is 12.4. The maximum Gasteiger partial charge on any atom is 0.270 e. The molecule has 0 spiro atoms. The van der Waals surface area contributed by atoms with E-state index in [4.69, 9.17) is 4.74 Å². The van der Waals surface area contributed by atoms with E-state index in [-0.39, 0.29) is 12.0 Å². The zero-order chi connectivity index (χ0) is 16.4. The average molecular weight is 323 g/mol. The first-order valence-corrected chi connectivity index (χ1v) is 8.52. The van der Waals surface area contributed by atoms with Crippen molar-refractivity contribution in [2.45, 2.75) is 25.4 Å². The van der Waals surface area contributed by atoms with Gasteiger partial charge < -0.3 is 15.0 Å². The van der Waals surface area contributed by atoms with Crippen LogP contribution in [-0.4, -0.2) is 36.7 Å². The summed E-state index contributed by atoms with van der Waals surface area (Å²) in [4.78, 5) is 18.8. The lowest BCUT2D eigenvalue weighted by Gasteiger charge is -2.20. The summed E-state index contributed by atoms with van der Waals surface area (Å²) in [6.45, 7) is 2.28. The number of pyridine rings is 1. The van der Waals surface area contributed by atoms with E-state index in [1.807, 2.05) is 18.2 Å². The molecule has 1 N–H and O–H groups in total. The summed E-state index contributed by atoms with van der Waals surface area (Å²) >= 11 is 0. The number of ether oxygens (including phenoxy) is 1. The molecule has 1 fully saturated rings. The Morgan fingerprint density at radius 3 is 3.12 bits per heavy atom. The number of carbonyl (C=O) groups is 1. The van der Waals surface area contributed by atoms with Crippen LogP contribution in [0.1, 0.15) is 28.9 Å². The Bertz CT molecular complexity index is 741. The van der Waals surface area contributed by atoms with Gasteiger partial charge >= 0.3 is 0 Å². The molecule has 0 aliphatic carbocycles. The van der Waals surface area contributed by atoms with Crippen molar-refractivity contribution in [3.05, 3.63) is 53.9 Å². The van der Waals surface area contributed by atoms with Crippen LogP contribution < -0.4 is 10.2 Å². The highest BCUT2D eigenvalue weighted by molar-refractivity contribution is 5.93. The highest BCUT2D eigenvalue weighted by Gasteiger charge is 2.21. The van der Waals surface area contributed by atoms with Gasteiger partial charge in [-0.2, -0.15) is 0 Å². The molecule has 24 heavy (non-hydrogen) atoms. The number of hydrogen-bond donors (Lipinski definition) is 1. The zero-order valence-corrected chi connectivity index (χ0v) is 13.6. The molecule has 2 aromatic rings. The second kappa shape index (κ2) is 6.61. The van der Waals surface area contributed by atoms with Gasteiger partial charge in [0.2, 0.25) is 0 Å². The monoisotopic (exact) mass is 323 g/mol. The molecule has 2 aliphatic heterocycles. The fraction of sp³-hybridized carbons (Fsp3) is 0.368. The van der Waals surface area contributed by atoms with Crippen molar-refractivity contribution in [2.24, 2.45) is 0 Å². The van der Waals surface area contributed by atoms with Gasteiger partial charge in [-0.1, -0.05) is 18.2 Å². The highest BCUT2D eigenvalue weighted by Crippen LogP contribution is 2.34. The van der Waals surface area contributed by atoms with Crippen molar-refractivity contribution in [1.82, 2.24) is 10.3 Å². The Kier molecular flexibility index (Phi) is 4.17. The van der Waals surface area contributed by atoms with Crippen LogP contribution in [0.5, 0.6) is 0 Å². The minimum Gasteiger partial charge on any atom is -0.376 e. The smallest absolute Gasteiger partial charge is 0.270 e. The number of hydrogen-bond acceptors (Lipinski definition) is 4. The van der Waals surface area contributed by atoms with Gasteiger partial charge in [0.25, 0.3) is 5.91 Å². The summed E-state index contributed by atoms with van der Waals surface area (Å²) in [5, 5.41) is 2.93. The van der Waals surface area contributed by atoms with Crippen LogP contribution >= 0.6 is 0 Å². The van der Waals surface area contributed by atoms with E-state index in [1.165, 1.54) is 11.3 Å². The van der Waals surface area contributed by atoms with Crippen molar-refractivity contribution < 1.29 is 9.53 Å². The van der Waals surface area contributed by atoms with E-state index in [2.05, 4.69) is 33.4 Å². The Morgan fingerprint density at radius 2 is 2.25 bits per heavy atom.